The lowest BCUT2D eigenvalue weighted by atomic mass is 10.1. The molecule has 0 atom stereocenters. The number of fused-ring (bicyclic) bond motifs is 1. The van der Waals surface area contributed by atoms with Crippen molar-refractivity contribution in [2.45, 2.75) is 20.4 Å². The van der Waals surface area contributed by atoms with Crippen LogP contribution in [0.25, 0.3) is 16.5 Å². The minimum Gasteiger partial charge on any atom is -0.332 e. The van der Waals surface area contributed by atoms with Crippen LogP contribution in [0.4, 0.5) is 0 Å². The second-order valence-electron chi connectivity index (χ2n) is 6.45. The molecular formula is C21H20N6O. The summed E-state index contributed by atoms with van der Waals surface area (Å²) in [6.07, 6.45) is 5.28. The molecule has 0 aliphatic rings. The van der Waals surface area contributed by atoms with Gasteiger partial charge in [0.05, 0.1) is 23.6 Å². The van der Waals surface area contributed by atoms with Crippen molar-refractivity contribution >= 4 is 16.7 Å². The Labute approximate surface area is 162 Å². The average molecular weight is 372 g/mol. The number of hydrogen-bond donors (Lipinski definition) is 0. The maximum atomic E-state index is 13.1. The van der Waals surface area contributed by atoms with Gasteiger partial charge in [0.25, 0.3) is 5.91 Å². The van der Waals surface area contributed by atoms with Gasteiger partial charge in [0.2, 0.25) is 0 Å². The molecule has 140 valence electrons. The smallest absolute Gasteiger partial charge is 0.276 e. The van der Waals surface area contributed by atoms with Crippen molar-refractivity contribution < 1.29 is 4.79 Å². The van der Waals surface area contributed by atoms with E-state index in [9.17, 15) is 4.79 Å². The lowest BCUT2D eigenvalue weighted by Crippen LogP contribution is -2.31. The predicted molar refractivity (Wildman–Crippen MR) is 106 cm³/mol. The first-order valence-electron chi connectivity index (χ1n) is 9.13. The molecule has 4 aromatic rings. The van der Waals surface area contributed by atoms with Crippen molar-refractivity contribution in [2.24, 2.45) is 0 Å². The molecule has 3 aromatic heterocycles. The Morgan fingerprint density at radius 1 is 1.11 bits per heavy atom. The molecule has 1 amide bonds. The molecule has 1 aromatic carbocycles. The van der Waals surface area contributed by atoms with E-state index in [4.69, 9.17) is 0 Å². The van der Waals surface area contributed by atoms with Gasteiger partial charge in [-0.15, -0.1) is 5.10 Å². The number of hydrogen-bond acceptors (Lipinski definition) is 5. The molecule has 3 heterocycles. The number of nitrogens with zero attached hydrogens (tertiary/aromatic N) is 6. The molecule has 0 saturated heterocycles. The number of carbonyl (C=O) groups excluding carboxylic acids is 1. The molecule has 0 N–H and O–H groups in total. The van der Waals surface area contributed by atoms with Crippen molar-refractivity contribution in [3.8, 4) is 5.69 Å². The second kappa shape index (κ2) is 7.56. The van der Waals surface area contributed by atoms with Crippen molar-refractivity contribution in [1.29, 1.82) is 0 Å². The van der Waals surface area contributed by atoms with Gasteiger partial charge in [-0.1, -0.05) is 23.4 Å². The van der Waals surface area contributed by atoms with Crippen LogP contribution < -0.4 is 0 Å². The van der Waals surface area contributed by atoms with Crippen LogP contribution in [-0.4, -0.2) is 42.3 Å². The zero-order valence-electron chi connectivity index (χ0n) is 15.8. The Bertz CT molecular complexity index is 1120. The third-order valence-electron chi connectivity index (χ3n) is 4.73. The summed E-state index contributed by atoms with van der Waals surface area (Å²) in [4.78, 5) is 23.3. The molecular weight excluding hydrogens is 352 g/mol. The van der Waals surface area contributed by atoms with Gasteiger partial charge < -0.3 is 4.90 Å². The zero-order valence-corrected chi connectivity index (χ0v) is 15.8. The third-order valence-corrected chi connectivity index (χ3v) is 4.73. The number of pyridine rings is 2. The van der Waals surface area contributed by atoms with Gasteiger partial charge in [0.1, 0.15) is 0 Å². The van der Waals surface area contributed by atoms with Gasteiger partial charge in [-0.3, -0.25) is 14.8 Å². The summed E-state index contributed by atoms with van der Waals surface area (Å²) in [5.74, 6) is -0.154. The fourth-order valence-electron chi connectivity index (χ4n) is 3.21. The lowest BCUT2D eigenvalue weighted by molar-refractivity contribution is 0.0744. The van der Waals surface area contributed by atoms with E-state index in [1.54, 1.807) is 22.0 Å². The number of rotatable bonds is 5. The number of amides is 1. The van der Waals surface area contributed by atoms with Crippen LogP contribution in [0.1, 0.15) is 28.8 Å². The fourth-order valence-corrected chi connectivity index (χ4v) is 3.21. The van der Waals surface area contributed by atoms with Crippen LogP contribution in [-0.2, 0) is 6.54 Å². The van der Waals surface area contributed by atoms with Crippen LogP contribution in [0.5, 0.6) is 0 Å². The van der Waals surface area contributed by atoms with Crippen LogP contribution in [0, 0.1) is 6.92 Å². The Morgan fingerprint density at radius 3 is 2.79 bits per heavy atom. The fraction of sp³-hybridized carbons (Fsp3) is 0.190. The molecule has 0 aliphatic heterocycles. The summed E-state index contributed by atoms with van der Waals surface area (Å²) < 4.78 is 1.71. The Hall–Kier alpha value is -3.61. The Kier molecular flexibility index (Phi) is 4.80. The predicted octanol–water partition coefficient (Wildman–Crippen LogP) is 3.18. The third kappa shape index (κ3) is 3.22. The minimum atomic E-state index is -0.154. The molecule has 7 heteroatoms. The lowest BCUT2D eigenvalue weighted by Gasteiger charge is -2.19. The van der Waals surface area contributed by atoms with E-state index < -0.39 is 0 Å². The van der Waals surface area contributed by atoms with E-state index in [-0.39, 0.29) is 5.91 Å². The number of carbonyl (C=O) groups is 1. The van der Waals surface area contributed by atoms with Gasteiger partial charge in [0.15, 0.2) is 5.69 Å². The molecule has 0 bridgehead atoms. The van der Waals surface area contributed by atoms with Gasteiger partial charge in [-0.05, 0) is 38.1 Å². The van der Waals surface area contributed by atoms with Gasteiger partial charge in [-0.2, -0.15) is 0 Å². The minimum absolute atomic E-state index is 0.154. The maximum absolute atomic E-state index is 13.1. The molecule has 0 radical (unpaired) electrons. The van der Waals surface area contributed by atoms with Crippen LogP contribution in [0.2, 0.25) is 0 Å². The standard InChI is InChI=1S/C21H20N6O/c1-3-26(14-17-8-4-5-11-23-17)21(28)20-15(2)27(25-24-20)19-9-6-7-16-13-22-12-10-18(16)19/h4-13H,3,14H2,1-2H3. The summed E-state index contributed by atoms with van der Waals surface area (Å²) in [7, 11) is 0. The van der Waals surface area contributed by atoms with E-state index in [1.807, 2.05) is 62.5 Å². The first kappa shape index (κ1) is 17.8. The Balaban J connectivity index is 1.68. The SMILES string of the molecule is CCN(Cc1ccccn1)C(=O)c1nnn(-c2cccc3cnccc23)c1C. The Morgan fingerprint density at radius 2 is 2.00 bits per heavy atom. The zero-order chi connectivity index (χ0) is 19.5. The highest BCUT2D eigenvalue weighted by Gasteiger charge is 2.23. The highest BCUT2D eigenvalue weighted by Crippen LogP contribution is 2.23. The molecule has 28 heavy (non-hydrogen) atoms. The van der Waals surface area contributed by atoms with Crippen LogP contribution in [0.15, 0.2) is 61.1 Å². The quantitative estimate of drug-likeness (QED) is 0.538. The van der Waals surface area contributed by atoms with E-state index in [0.717, 1.165) is 22.2 Å². The monoisotopic (exact) mass is 372 g/mol. The molecule has 0 aliphatic carbocycles. The first-order chi connectivity index (χ1) is 13.7. The van der Waals surface area contributed by atoms with Crippen molar-refractivity contribution in [2.75, 3.05) is 6.54 Å². The van der Waals surface area contributed by atoms with E-state index in [0.29, 0.717) is 24.5 Å². The van der Waals surface area contributed by atoms with Gasteiger partial charge in [0, 0.05) is 35.9 Å². The van der Waals surface area contributed by atoms with E-state index >= 15 is 0 Å². The molecule has 0 saturated carbocycles. The van der Waals surface area contributed by atoms with Crippen molar-refractivity contribution in [3.63, 3.8) is 0 Å². The number of aromatic nitrogens is 5. The molecule has 0 fully saturated rings. The molecule has 7 nitrogen and oxygen atoms in total. The summed E-state index contributed by atoms with van der Waals surface area (Å²) in [6, 6.07) is 13.5. The van der Waals surface area contributed by atoms with Crippen molar-refractivity contribution in [1.82, 2.24) is 29.9 Å². The first-order valence-corrected chi connectivity index (χ1v) is 9.13. The average Bonchev–Trinajstić information content (AvgIpc) is 3.13. The van der Waals surface area contributed by atoms with E-state index in [2.05, 4.69) is 20.3 Å². The largest absolute Gasteiger partial charge is 0.332 e. The molecule has 0 unspecified atom stereocenters. The summed E-state index contributed by atoms with van der Waals surface area (Å²) >= 11 is 0. The summed E-state index contributed by atoms with van der Waals surface area (Å²) in [5.41, 5.74) is 2.76. The molecule has 0 spiro atoms. The summed E-state index contributed by atoms with van der Waals surface area (Å²) in [5, 5.41) is 10.5. The molecule has 4 rings (SSSR count). The highest BCUT2D eigenvalue weighted by atomic mass is 16.2. The number of benzene rings is 1. The van der Waals surface area contributed by atoms with Crippen LogP contribution >= 0.6 is 0 Å². The maximum Gasteiger partial charge on any atom is 0.276 e. The summed E-state index contributed by atoms with van der Waals surface area (Å²) in [6.45, 7) is 4.80. The highest BCUT2D eigenvalue weighted by molar-refractivity contribution is 5.94. The van der Waals surface area contributed by atoms with Crippen LogP contribution in [0.3, 0.4) is 0 Å². The topological polar surface area (TPSA) is 76.8 Å². The normalized spacial score (nSPS) is 10.9. The van der Waals surface area contributed by atoms with E-state index in [1.165, 1.54) is 0 Å². The van der Waals surface area contributed by atoms with Gasteiger partial charge >= 0.3 is 0 Å². The van der Waals surface area contributed by atoms with Gasteiger partial charge in [-0.25, -0.2) is 4.68 Å². The second-order valence-corrected chi connectivity index (χ2v) is 6.45. The van der Waals surface area contributed by atoms with Crippen molar-refractivity contribution in [3.05, 3.63) is 78.1 Å².